The van der Waals surface area contributed by atoms with Crippen LogP contribution >= 0.6 is 31.9 Å². The lowest BCUT2D eigenvalue weighted by atomic mass is 9.59. The molecule has 0 aliphatic heterocycles. The third-order valence-electron chi connectivity index (χ3n) is 19.8. The van der Waals surface area contributed by atoms with Gasteiger partial charge in [-0.25, -0.2) is 0 Å². The maximum Gasteiger partial charge on any atom is 0.488 e. The van der Waals surface area contributed by atoms with Crippen LogP contribution in [0.2, 0.25) is 0 Å². The molecule has 0 saturated carbocycles. The average Bonchev–Trinajstić information content (AvgIpc) is 0.721. The van der Waals surface area contributed by atoms with Crippen LogP contribution in [0.1, 0.15) is 99.9 Å². The molecule has 13 aromatic carbocycles. The number of hydrogen-bond donors (Lipinski definition) is 2. The van der Waals surface area contributed by atoms with Crippen LogP contribution in [0.3, 0.4) is 0 Å². The fraction of sp³-hybridized carbons (Fsp3) is 0.133. The summed E-state index contributed by atoms with van der Waals surface area (Å²) in [5.74, 6) is 0. The highest BCUT2D eigenvalue weighted by molar-refractivity contribution is 9.10. The van der Waals surface area contributed by atoms with E-state index in [-0.39, 0.29) is 21.7 Å². The molecule has 0 spiro atoms. The van der Waals surface area contributed by atoms with Crippen molar-refractivity contribution in [3.05, 3.63) is 363 Å². The van der Waals surface area contributed by atoms with E-state index in [0.29, 0.717) is 5.46 Å². The molecule has 466 valence electrons. The normalized spacial score (nSPS) is 14.0. The zero-order valence-corrected chi connectivity index (χ0v) is 58.3. The SMILES string of the molecule is CC1(C)c2ccc(-c3cc(-c4ccccc4)cc(-c4ccccc4)c3)cc2C(C)(C)c2ccc(-c3cc(-c4ccccc4)cc(-c4ccccc4)c3)cc21.CC1(C)c2ccc(Br)cc2C(C)(C)c2ccc(Br)cc21.OB(O)c1cc(-c2ccccc2)cc(-c2ccccc2)c1. The van der Waals surface area contributed by atoms with Gasteiger partial charge < -0.3 is 10.0 Å². The summed E-state index contributed by atoms with van der Waals surface area (Å²) in [4.78, 5) is 0. The maximum atomic E-state index is 9.52. The molecule has 0 radical (unpaired) electrons. The highest BCUT2D eigenvalue weighted by Crippen LogP contribution is 2.53. The van der Waals surface area contributed by atoms with E-state index in [0.717, 1.165) is 31.2 Å². The first kappa shape index (κ1) is 64.5. The zero-order valence-electron chi connectivity index (χ0n) is 55.2. The summed E-state index contributed by atoms with van der Waals surface area (Å²) in [7, 11) is -1.48. The van der Waals surface area contributed by atoms with Crippen molar-refractivity contribution in [2.45, 2.75) is 77.0 Å². The zero-order chi connectivity index (χ0) is 66.2. The number of halogens is 2. The Morgan fingerprint density at radius 3 is 0.632 bits per heavy atom. The number of hydrogen-bond acceptors (Lipinski definition) is 2. The second-order valence-electron chi connectivity index (χ2n) is 27.4. The van der Waals surface area contributed by atoms with Gasteiger partial charge in [0, 0.05) is 30.6 Å². The molecular formula is C90H77BBr2O2. The van der Waals surface area contributed by atoms with E-state index >= 15 is 0 Å². The third-order valence-corrected chi connectivity index (χ3v) is 20.8. The number of benzene rings is 13. The van der Waals surface area contributed by atoms with E-state index in [1.54, 1.807) is 0 Å². The molecule has 0 unspecified atom stereocenters. The van der Waals surface area contributed by atoms with Crippen LogP contribution in [0.4, 0.5) is 0 Å². The Labute approximate surface area is 579 Å². The maximum absolute atomic E-state index is 9.52. The Kier molecular flexibility index (Phi) is 18.0. The highest BCUT2D eigenvalue weighted by atomic mass is 79.9. The summed E-state index contributed by atoms with van der Waals surface area (Å²) < 4.78 is 2.31. The fourth-order valence-corrected chi connectivity index (χ4v) is 15.2. The van der Waals surface area contributed by atoms with Gasteiger partial charge >= 0.3 is 7.12 Å². The number of rotatable bonds is 9. The quantitative estimate of drug-likeness (QED) is 0.141. The summed E-state index contributed by atoms with van der Waals surface area (Å²) >= 11 is 7.25. The van der Waals surface area contributed by atoms with Gasteiger partial charge in [0.05, 0.1) is 0 Å². The standard InChI is InChI=1S/C54H44.C18H15BO2.C18H18Br2/c1-53(2)49-27-25-42(48-33-45(39-21-13-7-14-22-39)30-46(34-48)40-23-15-8-16-24-40)36-52(49)54(3,4)50-28-26-41(35-51(50)53)47-31-43(37-17-9-5-10-18-37)29-44(32-47)38-19-11-6-12-20-38;20-19(21)18-12-16(14-7-3-1-4-8-14)11-17(13-18)15-9-5-2-6-10-15;1-17(2)13-7-5-12(20)10-16(13)18(3,4)14-8-6-11(19)9-15(14)17/h5-36H,1-4H3;1-13,20-21H;5-10H,1-4H3. The Bertz CT molecular complexity index is 4480. The molecule has 0 aromatic heterocycles. The van der Waals surface area contributed by atoms with Gasteiger partial charge in [0.25, 0.3) is 0 Å². The molecule has 0 amide bonds. The van der Waals surface area contributed by atoms with Crippen LogP contribution in [-0.2, 0) is 21.7 Å². The van der Waals surface area contributed by atoms with Crippen LogP contribution in [0.15, 0.2) is 318 Å². The van der Waals surface area contributed by atoms with Gasteiger partial charge in [-0.15, -0.1) is 0 Å². The van der Waals surface area contributed by atoms with E-state index in [1.165, 1.54) is 111 Å². The van der Waals surface area contributed by atoms with Crippen molar-refractivity contribution in [1.29, 1.82) is 0 Å². The van der Waals surface area contributed by atoms with Gasteiger partial charge in [-0.3, -0.25) is 0 Å². The van der Waals surface area contributed by atoms with Crippen molar-refractivity contribution >= 4 is 44.4 Å². The van der Waals surface area contributed by atoms with Crippen LogP contribution in [0.25, 0.3) is 89.0 Å². The molecule has 95 heavy (non-hydrogen) atoms. The Balaban J connectivity index is 0.000000162. The first-order chi connectivity index (χ1) is 45.7. The molecule has 15 rings (SSSR count). The van der Waals surface area contributed by atoms with Crippen molar-refractivity contribution in [2.24, 2.45) is 0 Å². The molecule has 2 aliphatic rings. The van der Waals surface area contributed by atoms with Gasteiger partial charge in [0.1, 0.15) is 0 Å². The van der Waals surface area contributed by atoms with Crippen molar-refractivity contribution in [3.63, 3.8) is 0 Å². The third kappa shape index (κ3) is 13.1. The molecule has 2 N–H and O–H groups in total. The van der Waals surface area contributed by atoms with Crippen molar-refractivity contribution in [2.75, 3.05) is 0 Å². The van der Waals surface area contributed by atoms with Crippen LogP contribution in [0, 0.1) is 0 Å². The minimum atomic E-state index is -1.48. The molecule has 0 saturated heterocycles. The predicted molar refractivity (Wildman–Crippen MR) is 409 cm³/mol. The molecule has 0 atom stereocenters. The summed E-state index contributed by atoms with van der Waals surface area (Å²) in [5, 5.41) is 19.0. The predicted octanol–water partition coefficient (Wildman–Crippen LogP) is 23.5. The van der Waals surface area contributed by atoms with Gasteiger partial charge in [0.15, 0.2) is 0 Å². The van der Waals surface area contributed by atoms with E-state index in [9.17, 15) is 10.0 Å². The summed E-state index contributed by atoms with van der Waals surface area (Å²) in [6, 6.07) is 110. The lowest BCUT2D eigenvalue weighted by molar-refractivity contribution is 0.426. The lowest BCUT2D eigenvalue weighted by Gasteiger charge is -2.44. The Morgan fingerprint density at radius 2 is 0.400 bits per heavy atom. The topological polar surface area (TPSA) is 40.5 Å². The fourth-order valence-electron chi connectivity index (χ4n) is 14.5. The largest absolute Gasteiger partial charge is 0.488 e. The van der Waals surface area contributed by atoms with Crippen LogP contribution in [-0.4, -0.2) is 17.2 Å². The van der Waals surface area contributed by atoms with Crippen LogP contribution < -0.4 is 5.46 Å². The van der Waals surface area contributed by atoms with E-state index in [2.05, 4.69) is 324 Å². The van der Waals surface area contributed by atoms with Crippen molar-refractivity contribution in [3.8, 4) is 89.0 Å². The molecule has 0 bridgehead atoms. The van der Waals surface area contributed by atoms with Crippen LogP contribution in [0.5, 0.6) is 0 Å². The van der Waals surface area contributed by atoms with Gasteiger partial charge in [-0.1, -0.05) is 318 Å². The first-order valence-corrected chi connectivity index (χ1v) is 34.4. The van der Waals surface area contributed by atoms with E-state index < -0.39 is 7.12 Å². The molecular weight excluding hydrogens is 1280 g/mol. The van der Waals surface area contributed by atoms with E-state index in [4.69, 9.17) is 0 Å². The first-order valence-electron chi connectivity index (χ1n) is 32.8. The minimum absolute atomic E-state index is 0.0324. The Hall–Kier alpha value is -9.20. The second kappa shape index (κ2) is 26.5. The molecule has 13 aromatic rings. The summed E-state index contributed by atoms with van der Waals surface area (Å²) in [5.41, 5.74) is 30.3. The molecule has 2 aliphatic carbocycles. The minimum Gasteiger partial charge on any atom is -0.423 e. The second-order valence-corrected chi connectivity index (χ2v) is 29.2. The Morgan fingerprint density at radius 1 is 0.200 bits per heavy atom. The van der Waals surface area contributed by atoms with Crippen molar-refractivity contribution in [1.82, 2.24) is 0 Å². The monoisotopic (exact) mass is 1360 g/mol. The summed E-state index contributed by atoms with van der Waals surface area (Å²) in [6.07, 6.45) is 0. The molecule has 0 heterocycles. The average molecular weight is 1360 g/mol. The lowest BCUT2D eigenvalue weighted by Crippen LogP contribution is -2.36. The molecule has 5 heteroatoms. The van der Waals surface area contributed by atoms with Gasteiger partial charge in [0.2, 0.25) is 0 Å². The summed E-state index contributed by atoms with van der Waals surface area (Å²) in [6.45, 7) is 18.9. The molecule has 2 nitrogen and oxygen atoms in total. The van der Waals surface area contributed by atoms with Gasteiger partial charge in [-0.2, -0.15) is 0 Å². The number of fused-ring (bicyclic) bond motifs is 4. The molecule has 0 fully saturated rings. The van der Waals surface area contributed by atoms with E-state index in [1.807, 2.05) is 72.8 Å². The van der Waals surface area contributed by atoms with Crippen molar-refractivity contribution < 1.29 is 10.0 Å². The van der Waals surface area contributed by atoms with Gasteiger partial charge in [-0.05, 0) is 218 Å². The highest BCUT2D eigenvalue weighted by Gasteiger charge is 2.43. The smallest absolute Gasteiger partial charge is 0.423 e.